The van der Waals surface area contributed by atoms with Crippen LogP contribution in [0.4, 0.5) is 0 Å². The van der Waals surface area contributed by atoms with Crippen molar-refractivity contribution in [1.82, 2.24) is 0 Å². The van der Waals surface area contributed by atoms with E-state index in [9.17, 15) is 4.79 Å². The Balaban J connectivity index is 3.08. The van der Waals surface area contributed by atoms with E-state index in [1.165, 1.54) is 11.8 Å². The molecule has 0 spiro atoms. The quantitative estimate of drug-likeness (QED) is 0.870. The van der Waals surface area contributed by atoms with Crippen LogP contribution in [0.5, 0.6) is 0 Å². The zero-order valence-electron chi connectivity index (χ0n) is 8.82. The van der Waals surface area contributed by atoms with Crippen LogP contribution < -0.4 is 0 Å². The summed E-state index contributed by atoms with van der Waals surface area (Å²) >= 11 is 4.44. The third-order valence-corrected chi connectivity index (χ3v) is 3.70. The summed E-state index contributed by atoms with van der Waals surface area (Å²) in [7, 11) is 0. The summed E-state index contributed by atoms with van der Waals surface area (Å²) in [5.74, 6) is -0.899. The maximum absolute atomic E-state index is 11.0. The van der Waals surface area contributed by atoms with Crippen molar-refractivity contribution >= 4 is 33.7 Å². The molecule has 0 saturated carbocycles. The molecule has 0 aliphatic heterocycles. The lowest BCUT2D eigenvalue weighted by atomic mass is 10.2. The third-order valence-electron chi connectivity index (χ3n) is 1.94. The molecule has 0 radical (unpaired) electrons. The van der Waals surface area contributed by atoms with E-state index < -0.39 is 10.7 Å². The standard InChI is InChI=1S/C11H10BrNO2S/c1-11(2,10(14)15)16-9-4-3-8(12)5-7(9)6-13/h3-5H,1-2H3,(H,14,15). The highest BCUT2D eigenvalue weighted by atomic mass is 79.9. The molecule has 0 atom stereocenters. The predicted molar refractivity (Wildman–Crippen MR) is 66.4 cm³/mol. The number of carbonyl (C=O) groups is 1. The molecular formula is C11H10BrNO2S. The number of nitriles is 1. The van der Waals surface area contributed by atoms with E-state index in [4.69, 9.17) is 10.4 Å². The molecule has 1 N–H and O–H groups in total. The number of aliphatic carboxylic acids is 1. The van der Waals surface area contributed by atoms with Crippen LogP contribution >= 0.6 is 27.7 Å². The van der Waals surface area contributed by atoms with Gasteiger partial charge in [-0.05, 0) is 32.0 Å². The van der Waals surface area contributed by atoms with Crippen LogP contribution in [0, 0.1) is 11.3 Å². The molecule has 0 aliphatic rings. The molecule has 1 aromatic carbocycles. The van der Waals surface area contributed by atoms with Crippen LogP contribution in [0.2, 0.25) is 0 Å². The first kappa shape index (κ1) is 13.1. The van der Waals surface area contributed by atoms with Crippen LogP contribution in [-0.2, 0) is 4.79 Å². The second-order valence-corrected chi connectivity index (χ2v) is 6.25. The fourth-order valence-corrected chi connectivity index (χ4v) is 2.35. The van der Waals surface area contributed by atoms with Gasteiger partial charge in [0.25, 0.3) is 0 Å². The van der Waals surface area contributed by atoms with E-state index in [2.05, 4.69) is 22.0 Å². The largest absolute Gasteiger partial charge is 0.480 e. The number of carboxylic acid groups (broad SMARTS) is 1. The van der Waals surface area contributed by atoms with Crippen LogP contribution in [-0.4, -0.2) is 15.8 Å². The Bertz CT molecular complexity index is 466. The molecule has 0 unspecified atom stereocenters. The molecule has 16 heavy (non-hydrogen) atoms. The molecule has 1 aromatic rings. The molecule has 84 valence electrons. The summed E-state index contributed by atoms with van der Waals surface area (Å²) in [5, 5.41) is 18.0. The SMILES string of the molecule is CC(C)(Sc1ccc(Br)cc1C#N)C(=O)O. The van der Waals surface area contributed by atoms with Gasteiger partial charge in [-0.1, -0.05) is 15.9 Å². The van der Waals surface area contributed by atoms with Gasteiger partial charge in [0.1, 0.15) is 10.8 Å². The van der Waals surface area contributed by atoms with E-state index in [0.717, 1.165) is 4.47 Å². The van der Waals surface area contributed by atoms with E-state index in [0.29, 0.717) is 10.5 Å². The van der Waals surface area contributed by atoms with E-state index in [-0.39, 0.29) is 0 Å². The van der Waals surface area contributed by atoms with Crippen molar-refractivity contribution in [2.24, 2.45) is 0 Å². The van der Waals surface area contributed by atoms with Gasteiger partial charge in [-0.25, -0.2) is 0 Å². The minimum atomic E-state index is -0.945. The summed E-state index contributed by atoms with van der Waals surface area (Å²) < 4.78 is -0.138. The second kappa shape index (κ2) is 4.89. The van der Waals surface area contributed by atoms with Gasteiger partial charge in [0, 0.05) is 9.37 Å². The molecule has 0 amide bonds. The average molecular weight is 300 g/mol. The highest BCUT2D eigenvalue weighted by Gasteiger charge is 2.29. The first-order valence-electron chi connectivity index (χ1n) is 4.49. The fraction of sp³-hybridized carbons (Fsp3) is 0.273. The molecule has 0 aromatic heterocycles. The van der Waals surface area contributed by atoms with Gasteiger partial charge in [0.15, 0.2) is 0 Å². The number of thioether (sulfide) groups is 1. The zero-order valence-corrected chi connectivity index (χ0v) is 11.2. The Morgan fingerprint density at radius 1 is 1.56 bits per heavy atom. The maximum Gasteiger partial charge on any atom is 0.319 e. The summed E-state index contributed by atoms with van der Waals surface area (Å²) in [4.78, 5) is 11.7. The van der Waals surface area contributed by atoms with Crippen molar-refractivity contribution in [2.75, 3.05) is 0 Å². The maximum atomic E-state index is 11.0. The molecule has 3 nitrogen and oxygen atoms in total. The topological polar surface area (TPSA) is 61.1 Å². The van der Waals surface area contributed by atoms with Gasteiger partial charge in [-0.3, -0.25) is 4.79 Å². The van der Waals surface area contributed by atoms with E-state index in [1.54, 1.807) is 32.0 Å². The molecule has 0 bridgehead atoms. The molecule has 0 fully saturated rings. The van der Waals surface area contributed by atoms with E-state index >= 15 is 0 Å². The number of hydrogen-bond acceptors (Lipinski definition) is 3. The summed E-state index contributed by atoms with van der Waals surface area (Å²) in [5.41, 5.74) is 0.480. The second-order valence-electron chi connectivity index (χ2n) is 3.67. The first-order valence-corrected chi connectivity index (χ1v) is 6.10. The summed E-state index contributed by atoms with van der Waals surface area (Å²) in [6, 6.07) is 7.28. The minimum Gasteiger partial charge on any atom is -0.480 e. The van der Waals surface area contributed by atoms with Crippen LogP contribution in [0.15, 0.2) is 27.6 Å². The molecular weight excluding hydrogens is 290 g/mol. The average Bonchev–Trinajstić information content (AvgIpc) is 2.20. The highest BCUT2D eigenvalue weighted by Crippen LogP contribution is 2.35. The molecule has 0 saturated heterocycles. The smallest absolute Gasteiger partial charge is 0.319 e. The minimum absolute atomic E-state index is 0.480. The Morgan fingerprint density at radius 3 is 2.69 bits per heavy atom. The molecule has 0 aliphatic carbocycles. The van der Waals surface area contributed by atoms with Crippen molar-refractivity contribution in [1.29, 1.82) is 5.26 Å². The zero-order chi connectivity index (χ0) is 12.3. The monoisotopic (exact) mass is 299 g/mol. The third kappa shape index (κ3) is 3.00. The first-order chi connectivity index (χ1) is 7.36. The fourth-order valence-electron chi connectivity index (χ4n) is 0.997. The lowest BCUT2D eigenvalue weighted by Crippen LogP contribution is -2.27. The van der Waals surface area contributed by atoms with Gasteiger partial charge in [-0.2, -0.15) is 5.26 Å². The van der Waals surface area contributed by atoms with Crippen molar-refractivity contribution in [3.05, 3.63) is 28.2 Å². The van der Waals surface area contributed by atoms with Crippen molar-refractivity contribution < 1.29 is 9.90 Å². The molecule has 0 heterocycles. The van der Waals surface area contributed by atoms with Crippen molar-refractivity contribution in [3.8, 4) is 6.07 Å². The predicted octanol–water partition coefficient (Wildman–Crippen LogP) is 3.28. The molecule has 5 heteroatoms. The Labute approximate surface area is 107 Å². The van der Waals surface area contributed by atoms with Crippen molar-refractivity contribution in [2.45, 2.75) is 23.5 Å². The number of rotatable bonds is 3. The lowest BCUT2D eigenvalue weighted by molar-refractivity contribution is -0.138. The number of nitrogens with zero attached hydrogens (tertiary/aromatic N) is 1. The summed E-state index contributed by atoms with van der Waals surface area (Å²) in [6.45, 7) is 3.23. The van der Waals surface area contributed by atoms with E-state index in [1.807, 2.05) is 0 Å². The van der Waals surface area contributed by atoms with Gasteiger partial charge >= 0.3 is 5.97 Å². The molecule has 1 rings (SSSR count). The normalized spacial score (nSPS) is 10.9. The van der Waals surface area contributed by atoms with Crippen molar-refractivity contribution in [3.63, 3.8) is 0 Å². The van der Waals surface area contributed by atoms with Gasteiger partial charge < -0.3 is 5.11 Å². The van der Waals surface area contributed by atoms with Gasteiger partial charge in [0.2, 0.25) is 0 Å². The number of halogens is 1. The van der Waals surface area contributed by atoms with Crippen LogP contribution in [0.1, 0.15) is 19.4 Å². The van der Waals surface area contributed by atoms with Crippen LogP contribution in [0.25, 0.3) is 0 Å². The highest BCUT2D eigenvalue weighted by molar-refractivity contribution is 9.10. The Morgan fingerprint density at radius 2 is 2.19 bits per heavy atom. The number of benzene rings is 1. The van der Waals surface area contributed by atoms with Crippen LogP contribution in [0.3, 0.4) is 0 Å². The number of carboxylic acids is 1. The summed E-state index contributed by atoms with van der Waals surface area (Å²) in [6.07, 6.45) is 0. The Hall–Kier alpha value is -0.990. The Kier molecular flexibility index (Phi) is 4.00. The number of hydrogen-bond donors (Lipinski definition) is 1. The lowest BCUT2D eigenvalue weighted by Gasteiger charge is -2.18. The van der Waals surface area contributed by atoms with Gasteiger partial charge in [0.05, 0.1) is 5.56 Å². The van der Waals surface area contributed by atoms with Gasteiger partial charge in [-0.15, -0.1) is 11.8 Å².